The average Bonchev–Trinajstić information content (AvgIpc) is 2.96. The van der Waals surface area contributed by atoms with Gasteiger partial charge in [0.2, 0.25) is 0 Å². The van der Waals surface area contributed by atoms with Gasteiger partial charge in [0.05, 0.1) is 0 Å². The molecule has 0 atom stereocenters. The van der Waals surface area contributed by atoms with Crippen LogP contribution < -0.4 is 0 Å². The number of hydrogen-bond donors (Lipinski definition) is 0. The van der Waals surface area contributed by atoms with E-state index in [1.54, 1.807) is 24.3 Å². The second-order valence-corrected chi connectivity index (χ2v) is 14.1. The highest BCUT2D eigenvalue weighted by Crippen LogP contribution is 2.33. The molecular weight excluding hydrogens is 576 g/mol. The summed E-state index contributed by atoms with van der Waals surface area (Å²) >= 11 is 0. The number of imide groups is 2. The molecule has 0 bridgehead atoms. The number of benzene rings is 4. The summed E-state index contributed by atoms with van der Waals surface area (Å²) in [6, 6.07) is 22.2. The van der Waals surface area contributed by atoms with Gasteiger partial charge in [-0.15, -0.1) is 0 Å². The summed E-state index contributed by atoms with van der Waals surface area (Å²) in [5.74, 6) is -0.868. The third-order valence-electron chi connectivity index (χ3n) is 7.76. The lowest BCUT2D eigenvalue weighted by atomic mass is 9.91. The lowest BCUT2D eigenvalue weighted by Crippen LogP contribution is -2.51. The smallest absolute Gasteiger partial charge is 0.261 e. The van der Waals surface area contributed by atoms with Crippen LogP contribution in [0, 0.1) is 0 Å². The number of carbonyl (C=O) groups is 4. The van der Waals surface area contributed by atoms with Crippen LogP contribution in [0.3, 0.4) is 0 Å². The average molecular weight is 625 g/mol. The molecule has 4 amide bonds. The van der Waals surface area contributed by atoms with Crippen LogP contribution in [-0.2, 0) is 0 Å². The standard InChI is InChI=1S/C16H15NO2.C13H9NO2.C6H15N.C3H9N/c1-16(2,3)17-14(18)11-8-4-6-10-7-5-9-12(13(10)11)15(17)19;1-14-12(15)9-6-2-4-8-5-3-7-10(11(8)9)13(14)16;1-6(2,3)7(4)5;1-4(2)3/h4-9H,1-3H3;2-7H,1H3;1-5H3;1-3H3. The quantitative estimate of drug-likeness (QED) is 0.200. The predicted octanol–water partition coefficient (Wildman–Crippen LogP) is 6.82. The lowest BCUT2D eigenvalue weighted by molar-refractivity contribution is 0.0459. The summed E-state index contributed by atoms with van der Waals surface area (Å²) < 4.78 is 0. The topological polar surface area (TPSA) is 81.2 Å². The molecular formula is C38H48N4O4. The van der Waals surface area contributed by atoms with Gasteiger partial charge in [0.15, 0.2) is 0 Å². The monoisotopic (exact) mass is 624 g/mol. The lowest BCUT2D eigenvalue weighted by Gasteiger charge is -2.37. The van der Waals surface area contributed by atoms with Crippen molar-refractivity contribution in [2.24, 2.45) is 0 Å². The van der Waals surface area contributed by atoms with E-state index in [0.29, 0.717) is 27.8 Å². The minimum absolute atomic E-state index is 0.207. The Morgan fingerprint density at radius 3 is 1.00 bits per heavy atom. The van der Waals surface area contributed by atoms with Crippen LogP contribution in [0.4, 0.5) is 0 Å². The number of hydrogen-bond acceptors (Lipinski definition) is 6. The molecule has 0 radical (unpaired) electrons. The molecule has 0 saturated carbocycles. The molecule has 244 valence electrons. The molecule has 2 heterocycles. The molecule has 8 heteroatoms. The zero-order valence-corrected chi connectivity index (χ0v) is 29.4. The molecule has 2 aliphatic rings. The fourth-order valence-electron chi connectivity index (χ4n) is 4.79. The van der Waals surface area contributed by atoms with E-state index in [1.807, 2.05) is 95.3 Å². The summed E-state index contributed by atoms with van der Waals surface area (Å²) in [5, 5.41) is 3.42. The first kappa shape index (κ1) is 36.1. The Labute approximate surface area is 273 Å². The van der Waals surface area contributed by atoms with E-state index < -0.39 is 5.54 Å². The normalized spacial score (nSPS) is 14.1. The summed E-state index contributed by atoms with van der Waals surface area (Å²) in [4.78, 5) is 55.7. The molecule has 8 nitrogen and oxygen atoms in total. The van der Waals surface area contributed by atoms with Gasteiger partial charge in [0.1, 0.15) is 0 Å². The van der Waals surface area contributed by atoms with E-state index in [4.69, 9.17) is 0 Å². The maximum Gasteiger partial charge on any atom is 0.261 e. The van der Waals surface area contributed by atoms with Gasteiger partial charge in [0, 0.05) is 51.2 Å². The first-order valence-corrected chi connectivity index (χ1v) is 15.3. The summed E-state index contributed by atoms with van der Waals surface area (Å²) in [5.41, 5.74) is 2.25. The first-order chi connectivity index (χ1) is 21.3. The van der Waals surface area contributed by atoms with Crippen LogP contribution in [0.15, 0.2) is 72.8 Å². The third-order valence-corrected chi connectivity index (χ3v) is 7.76. The Balaban J connectivity index is 0.000000192. The highest BCUT2D eigenvalue weighted by atomic mass is 16.2. The molecule has 0 aliphatic carbocycles. The summed E-state index contributed by atoms with van der Waals surface area (Å²) in [6.45, 7) is 12.2. The SMILES string of the molecule is CC(C)(C)N1C(=O)c2cccc3cccc(c23)C1=O.CN(C)C.CN(C)C(C)(C)C.CN1C(=O)c2cccc3cccc(c23)C1=O. The summed E-state index contributed by atoms with van der Waals surface area (Å²) in [6.07, 6.45) is 0. The molecule has 0 N–H and O–H groups in total. The highest BCUT2D eigenvalue weighted by molar-refractivity contribution is 6.26. The Bertz CT molecular complexity index is 1670. The third kappa shape index (κ3) is 7.69. The molecule has 6 rings (SSSR count). The molecule has 2 aliphatic heterocycles. The van der Waals surface area contributed by atoms with Crippen LogP contribution in [0.5, 0.6) is 0 Å². The van der Waals surface area contributed by atoms with E-state index in [0.717, 1.165) is 26.4 Å². The Morgan fingerprint density at radius 1 is 0.500 bits per heavy atom. The van der Waals surface area contributed by atoms with E-state index >= 15 is 0 Å². The molecule has 0 unspecified atom stereocenters. The van der Waals surface area contributed by atoms with Crippen molar-refractivity contribution in [1.82, 2.24) is 19.6 Å². The van der Waals surface area contributed by atoms with Gasteiger partial charge in [-0.2, -0.15) is 0 Å². The fourth-order valence-corrected chi connectivity index (χ4v) is 4.79. The highest BCUT2D eigenvalue weighted by Gasteiger charge is 2.39. The van der Waals surface area contributed by atoms with Gasteiger partial charge in [-0.1, -0.05) is 48.5 Å². The van der Waals surface area contributed by atoms with Crippen molar-refractivity contribution >= 4 is 45.2 Å². The van der Waals surface area contributed by atoms with Gasteiger partial charge < -0.3 is 9.80 Å². The molecule has 0 spiro atoms. The number of nitrogens with zero attached hydrogens (tertiary/aromatic N) is 4. The van der Waals surface area contributed by atoms with Crippen molar-refractivity contribution in [3.63, 3.8) is 0 Å². The molecule has 0 saturated heterocycles. The van der Waals surface area contributed by atoms with Crippen molar-refractivity contribution in [2.45, 2.75) is 52.6 Å². The Morgan fingerprint density at radius 2 is 0.761 bits per heavy atom. The largest absolute Gasteiger partial charge is 0.312 e. The molecule has 0 aromatic heterocycles. The van der Waals surface area contributed by atoms with Gasteiger partial charge >= 0.3 is 0 Å². The van der Waals surface area contributed by atoms with Crippen molar-refractivity contribution in [2.75, 3.05) is 42.3 Å². The summed E-state index contributed by atoms with van der Waals surface area (Å²) in [7, 11) is 11.7. The van der Waals surface area contributed by atoms with Crippen molar-refractivity contribution in [3.8, 4) is 0 Å². The van der Waals surface area contributed by atoms with Crippen LogP contribution in [-0.4, -0.2) is 96.6 Å². The van der Waals surface area contributed by atoms with E-state index in [2.05, 4.69) is 39.8 Å². The molecule has 0 fully saturated rings. The zero-order valence-electron chi connectivity index (χ0n) is 29.4. The van der Waals surface area contributed by atoms with Crippen molar-refractivity contribution < 1.29 is 19.2 Å². The zero-order chi connectivity index (χ0) is 34.7. The minimum Gasteiger partial charge on any atom is -0.312 e. The second kappa shape index (κ2) is 13.9. The number of rotatable bonds is 0. The maximum atomic E-state index is 12.6. The van der Waals surface area contributed by atoms with Gasteiger partial charge in [-0.05, 0) is 112 Å². The first-order valence-electron chi connectivity index (χ1n) is 15.3. The van der Waals surface area contributed by atoms with Crippen LogP contribution in [0.25, 0.3) is 21.5 Å². The van der Waals surface area contributed by atoms with E-state index in [9.17, 15) is 19.2 Å². The van der Waals surface area contributed by atoms with Crippen LogP contribution in [0.2, 0.25) is 0 Å². The van der Waals surface area contributed by atoms with Crippen LogP contribution >= 0.6 is 0 Å². The fraction of sp³-hybridized carbons (Fsp3) is 0.368. The van der Waals surface area contributed by atoms with E-state index in [1.165, 1.54) is 11.9 Å². The number of amides is 4. The molecule has 4 aromatic carbocycles. The van der Waals surface area contributed by atoms with Gasteiger partial charge in [-0.25, -0.2) is 0 Å². The van der Waals surface area contributed by atoms with Crippen molar-refractivity contribution in [1.29, 1.82) is 0 Å². The second-order valence-electron chi connectivity index (χ2n) is 14.1. The molecule has 4 aromatic rings. The van der Waals surface area contributed by atoms with Crippen molar-refractivity contribution in [3.05, 3.63) is 95.1 Å². The Hall–Kier alpha value is -4.40. The maximum absolute atomic E-state index is 12.6. The molecule has 46 heavy (non-hydrogen) atoms. The van der Waals surface area contributed by atoms with Gasteiger partial charge in [-0.3, -0.25) is 29.0 Å². The van der Waals surface area contributed by atoms with E-state index in [-0.39, 0.29) is 23.6 Å². The van der Waals surface area contributed by atoms with Crippen LogP contribution in [0.1, 0.15) is 83.0 Å². The van der Waals surface area contributed by atoms with Gasteiger partial charge in [0.25, 0.3) is 23.6 Å². The minimum atomic E-state index is -0.524. The Kier molecular flexibility index (Phi) is 10.9. The predicted molar refractivity (Wildman–Crippen MR) is 188 cm³/mol. The number of carbonyl (C=O) groups excluding carboxylic acids is 4.